The summed E-state index contributed by atoms with van der Waals surface area (Å²) in [6, 6.07) is 10.1. The first-order valence-electron chi connectivity index (χ1n) is 8.52. The molecular formula is C18H28IN3O. The molecule has 3 rings (SSSR count). The minimum absolute atomic E-state index is 0. The van der Waals surface area contributed by atoms with E-state index in [9.17, 15) is 0 Å². The molecule has 2 fully saturated rings. The molecule has 0 radical (unpaired) electrons. The number of aliphatic imine (C=N–C) groups is 1. The monoisotopic (exact) mass is 429 g/mol. The molecule has 0 amide bonds. The predicted octanol–water partition coefficient (Wildman–Crippen LogP) is 3.52. The van der Waals surface area contributed by atoms with Gasteiger partial charge in [-0.1, -0.05) is 31.0 Å². The molecule has 5 heteroatoms. The summed E-state index contributed by atoms with van der Waals surface area (Å²) in [5.41, 5.74) is 0. The number of guanidine groups is 1. The van der Waals surface area contributed by atoms with Crippen molar-refractivity contribution in [1.82, 2.24) is 10.2 Å². The maximum absolute atomic E-state index is 6.05. The normalized spacial score (nSPS) is 19.2. The van der Waals surface area contributed by atoms with Crippen molar-refractivity contribution >= 4 is 29.9 Å². The summed E-state index contributed by atoms with van der Waals surface area (Å²) in [5, 5.41) is 3.51. The Hall–Kier alpha value is -0.980. The standard InChI is InChI=1S/C18H27N3O.HI/c1-19-18(20-12-9-15-7-8-15)21-13-10-17(11-14-21)22-16-5-3-2-4-6-16;/h2-6,15,17H,7-14H2,1H3,(H,19,20);1H. The van der Waals surface area contributed by atoms with Crippen LogP contribution >= 0.6 is 24.0 Å². The van der Waals surface area contributed by atoms with E-state index in [1.54, 1.807) is 0 Å². The highest BCUT2D eigenvalue weighted by molar-refractivity contribution is 14.0. The zero-order valence-corrected chi connectivity index (χ0v) is 16.2. The van der Waals surface area contributed by atoms with Gasteiger partial charge in [-0.3, -0.25) is 4.99 Å². The fraction of sp³-hybridized carbons (Fsp3) is 0.611. The Labute approximate surface area is 156 Å². The zero-order chi connectivity index (χ0) is 15.2. The van der Waals surface area contributed by atoms with E-state index in [4.69, 9.17) is 4.74 Å². The third-order valence-corrected chi connectivity index (χ3v) is 4.53. The van der Waals surface area contributed by atoms with Crippen molar-refractivity contribution in [3.63, 3.8) is 0 Å². The Bertz CT molecular complexity index is 482. The van der Waals surface area contributed by atoms with Crippen molar-refractivity contribution < 1.29 is 4.74 Å². The van der Waals surface area contributed by atoms with E-state index in [-0.39, 0.29) is 24.0 Å². The Balaban J connectivity index is 0.00000192. The molecule has 1 heterocycles. The van der Waals surface area contributed by atoms with Crippen molar-refractivity contribution in [2.75, 3.05) is 26.7 Å². The van der Waals surface area contributed by atoms with Crippen molar-refractivity contribution in [3.8, 4) is 5.75 Å². The van der Waals surface area contributed by atoms with Crippen molar-refractivity contribution in [2.24, 2.45) is 10.9 Å². The first kappa shape index (κ1) is 18.4. The number of para-hydroxylation sites is 1. The SMILES string of the molecule is CN=C(NCCC1CC1)N1CCC(Oc2ccccc2)CC1.I. The number of ether oxygens (including phenoxy) is 1. The van der Waals surface area contributed by atoms with Gasteiger partial charge in [0, 0.05) is 39.5 Å². The molecule has 0 aromatic heterocycles. The molecular weight excluding hydrogens is 401 g/mol. The largest absolute Gasteiger partial charge is 0.490 e. The number of piperidine rings is 1. The van der Waals surface area contributed by atoms with Crippen molar-refractivity contribution in [3.05, 3.63) is 30.3 Å². The van der Waals surface area contributed by atoms with Gasteiger partial charge in [-0.05, 0) is 24.5 Å². The average molecular weight is 429 g/mol. The van der Waals surface area contributed by atoms with Gasteiger partial charge in [-0.25, -0.2) is 0 Å². The molecule has 1 saturated carbocycles. The number of benzene rings is 1. The lowest BCUT2D eigenvalue weighted by atomic mass is 10.1. The highest BCUT2D eigenvalue weighted by Crippen LogP contribution is 2.31. The van der Waals surface area contributed by atoms with Gasteiger partial charge in [-0.15, -0.1) is 24.0 Å². The van der Waals surface area contributed by atoms with Crippen LogP contribution in [0.25, 0.3) is 0 Å². The molecule has 1 aliphatic heterocycles. The molecule has 1 saturated heterocycles. The summed E-state index contributed by atoms with van der Waals surface area (Å²) in [4.78, 5) is 6.79. The van der Waals surface area contributed by atoms with Crippen LogP contribution in [0.5, 0.6) is 5.75 Å². The smallest absolute Gasteiger partial charge is 0.193 e. The second-order valence-corrected chi connectivity index (χ2v) is 6.32. The van der Waals surface area contributed by atoms with Gasteiger partial charge in [0.05, 0.1) is 0 Å². The molecule has 1 aromatic rings. The third-order valence-electron chi connectivity index (χ3n) is 4.53. The molecule has 4 nitrogen and oxygen atoms in total. The summed E-state index contributed by atoms with van der Waals surface area (Å²) in [5.74, 6) is 3.00. The third kappa shape index (κ3) is 5.86. The van der Waals surface area contributed by atoms with E-state index in [0.29, 0.717) is 6.10 Å². The van der Waals surface area contributed by atoms with Gasteiger partial charge in [0.25, 0.3) is 0 Å². The highest BCUT2D eigenvalue weighted by atomic mass is 127. The molecule has 23 heavy (non-hydrogen) atoms. The second kappa shape index (κ2) is 9.35. The molecule has 0 bridgehead atoms. The number of halogens is 1. The summed E-state index contributed by atoms with van der Waals surface area (Å²) < 4.78 is 6.05. The number of nitrogens with zero attached hydrogens (tertiary/aromatic N) is 2. The number of hydrogen-bond donors (Lipinski definition) is 1. The Morgan fingerprint density at radius 2 is 1.87 bits per heavy atom. The molecule has 128 valence electrons. The molecule has 1 N–H and O–H groups in total. The van der Waals surface area contributed by atoms with Crippen LogP contribution in [0.3, 0.4) is 0 Å². The maximum Gasteiger partial charge on any atom is 0.193 e. The van der Waals surface area contributed by atoms with Gasteiger partial charge in [0.1, 0.15) is 11.9 Å². The molecule has 1 aromatic carbocycles. The topological polar surface area (TPSA) is 36.9 Å². The quantitative estimate of drug-likeness (QED) is 0.442. The lowest BCUT2D eigenvalue weighted by Gasteiger charge is -2.34. The molecule has 0 spiro atoms. The van der Waals surface area contributed by atoms with Crippen LogP contribution in [0.1, 0.15) is 32.1 Å². The first-order valence-corrected chi connectivity index (χ1v) is 8.52. The van der Waals surface area contributed by atoms with E-state index in [0.717, 1.165) is 50.1 Å². The van der Waals surface area contributed by atoms with Crippen LogP contribution in [0.2, 0.25) is 0 Å². The fourth-order valence-electron chi connectivity index (χ4n) is 3.00. The predicted molar refractivity (Wildman–Crippen MR) is 106 cm³/mol. The van der Waals surface area contributed by atoms with Crippen LogP contribution in [-0.4, -0.2) is 43.6 Å². The maximum atomic E-state index is 6.05. The van der Waals surface area contributed by atoms with E-state index >= 15 is 0 Å². The van der Waals surface area contributed by atoms with Crippen LogP contribution in [0.4, 0.5) is 0 Å². The van der Waals surface area contributed by atoms with Crippen LogP contribution < -0.4 is 10.1 Å². The number of likely N-dealkylation sites (tertiary alicyclic amines) is 1. The van der Waals surface area contributed by atoms with Gasteiger partial charge in [0.15, 0.2) is 5.96 Å². The highest BCUT2D eigenvalue weighted by Gasteiger charge is 2.24. The van der Waals surface area contributed by atoms with Crippen LogP contribution in [0.15, 0.2) is 35.3 Å². The summed E-state index contributed by atoms with van der Waals surface area (Å²) in [6.45, 7) is 3.08. The van der Waals surface area contributed by atoms with Crippen LogP contribution in [0, 0.1) is 5.92 Å². The molecule has 1 aliphatic carbocycles. The minimum Gasteiger partial charge on any atom is -0.490 e. The Kier molecular flexibility index (Phi) is 7.46. The number of nitrogens with one attached hydrogen (secondary N) is 1. The van der Waals surface area contributed by atoms with Crippen molar-refractivity contribution in [1.29, 1.82) is 0 Å². The van der Waals surface area contributed by atoms with Gasteiger partial charge >= 0.3 is 0 Å². The fourth-order valence-corrected chi connectivity index (χ4v) is 3.00. The van der Waals surface area contributed by atoms with E-state index < -0.39 is 0 Å². The Morgan fingerprint density at radius 1 is 1.17 bits per heavy atom. The zero-order valence-electron chi connectivity index (χ0n) is 13.9. The van der Waals surface area contributed by atoms with E-state index in [1.165, 1.54) is 19.3 Å². The second-order valence-electron chi connectivity index (χ2n) is 6.32. The van der Waals surface area contributed by atoms with Crippen molar-refractivity contribution in [2.45, 2.75) is 38.2 Å². The van der Waals surface area contributed by atoms with Crippen LogP contribution in [-0.2, 0) is 0 Å². The number of hydrogen-bond acceptors (Lipinski definition) is 2. The number of rotatable bonds is 5. The molecule has 0 atom stereocenters. The Morgan fingerprint density at radius 3 is 2.48 bits per heavy atom. The van der Waals surface area contributed by atoms with Gasteiger partial charge < -0.3 is 15.0 Å². The summed E-state index contributed by atoms with van der Waals surface area (Å²) in [6.07, 6.45) is 6.55. The molecule has 0 unspecified atom stereocenters. The van der Waals surface area contributed by atoms with E-state index in [2.05, 4.69) is 15.2 Å². The lowest BCUT2D eigenvalue weighted by molar-refractivity contribution is 0.129. The lowest BCUT2D eigenvalue weighted by Crippen LogP contribution is -2.47. The van der Waals surface area contributed by atoms with E-state index in [1.807, 2.05) is 37.4 Å². The first-order chi connectivity index (χ1) is 10.8. The van der Waals surface area contributed by atoms with Gasteiger partial charge in [0.2, 0.25) is 0 Å². The summed E-state index contributed by atoms with van der Waals surface area (Å²) >= 11 is 0. The average Bonchev–Trinajstić information content (AvgIpc) is 3.38. The summed E-state index contributed by atoms with van der Waals surface area (Å²) in [7, 11) is 1.88. The minimum atomic E-state index is 0. The van der Waals surface area contributed by atoms with Gasteiger partial charge in [-0.2, -0.15) is 0 Å². The molecule has 2 aliphatic rings.